The molecule has 148 valence electrons. The fourth-order valence-electron chi connectivity index (χ4n) is 2.98. The van der Waals surface area contributed by atoms with Crippen molar-refractivity contribution in [3.8, 4) is 0 Å². The Balaban J connectivity index is 2.48. The number of nitrogens with zero attached hydrogens (tertiary/aromatic N) is 1. The fourth-order valence-corrected chi connectivity index (χ4v) is 5.36. The third kappa shape index (κ3) is 3.50. The van der Waals surface area contributed by atoms with E-state index < -0.39 is 16.0 Å². The van der Waals surface area contributed by atoms with Gasteiger partial charge in [0, 0.05) is 16.0 Å². The van der Waals surface area contributed by atoms with E-state index in [1.165, 1.54) is 24.3 Å². The number of esters is 1. The first kappa shape index (κ1) is 21.0. The summed E-state index contributed by atoms with van der Waals surface area (Å²) in [5, 5.41) is 0.772. The molecule has 28 heavy (non-hydrogen) atoms. The molecule has 0 aliphatic heterocycles. The molecule has 5 nitrogen and oxygen atoms in total. The second kappa shape index (κ2) is 7.95. The second-order valence-electron chi connectivity index (χ2n) is 6.05. The average Bonchev–Trinajstić information content (AvgIpc) is 2.97. The number of carbonyl (C=O) groups excluding carboxylic acids is 1. The minimum Gasteiger partial charge on any atom is -0.461 e. The summed E-state index contributed by atoms with van der Waals surface area (Å²) in [7, 11) is -4.16. The first-order valence-electron chi connectivity index (χ1n) is 8.30. The lowest BCUT2D eigenvalue weighted by Crippen LogP contribution is -2.21. The van der Waals surface area contributed by atoms with Crippen LogP contribution in [-0.2, 0) is 20.6 Å². The van der Waals surface area contributed by atoms with Crippen molar-refractivity contribution in [2.75, 3.05) is 6.61 Å². The summed E-state index contributed by atoms with van der Waals surface area (Å²) < 4.78 is 33.0. The van der Waals surface area contributed by atoms with Gasteiger partial charge in [-0.1, -0.05) is 40.9 Å². The third-order valence-corrected chi connectivity index (χ3v) is 6.72. The van der Waals surface area contributed by atoms with E-state index in [0.717, 1.165) is 9.54 Å². The molecule has 0 bridgehead atoms. The standard InChI is InChI=1S/C19H16Cl3NO4S/c1-3-27-19(24)18-14(10-20)17-15(22)8-12(21)9-16(17)23(18)28(25,26)13-6-4-11(2)5-7-13/h4-9H,3,10H2,1-2H3. The predicted molar refractivity (Wildman–Crippen MR) is 111 cm³/mol. The Kier molecular flexibility index (Phi) is 5.96. The average molecular weight is 461 g/mol. The van der Waals surface area contributed by atoms with Gasteiger partial charge in [0.25, 0.3) is 10.0 Å². The van der Waals surface area contributed by atoms with Crippen molar-refractivity contribution >= 4 is 61.7 Å². The van der Waals surface area contributed by atoms with E-state index in [0.29, 0.717) is 5.39 Å². The molecule has 0 N–H and O–H groups in total. The first-order valence-corrected chi connectivity index (χ1v) is 11.0. The highest BCUT2D eigenvalue weighted by Gasteiger charge is 2.32. The number of hydrogen-bond donors (Lipinski definition) is 0. The Morgan fingerprint density at radius 3 is 2.36 bits per heavy atom. The highest BCUT2D eigenvalue weighted by atomic mass is 35.5. The van der Waals surface area contributed by atoms with Gasteiger partial charge in [-0.2, -0.15) is 0 Å². The van der Waals surface area contributed by atoms with E-state index in [4.69, 9.17) is 39.5 Å². The summed E-state index contributed by atoms with van der Waals surface area (Å²) in [6.07, 6.45) is 0. The van der Waals surface area contributed by atoms with Crippen molar-refractivity contribution in [3.05, 3.63) is 63.3 Å². The molecule has 0 saturated heterocycles. The summed E-state index contributed by atoms with van der Waals surface area (Å²) in [5.41, 5.74) is 1.15. The SMILES string of the molecule is CCOC(=O)c1c(CCl)c2c(Cl)cc(Cl)cc2n1S(=O)(=O)c1ccc(C)cc1. The lowest BCUT2D eigenvalue weighted by molar-refractivity contribution is 0.0517. The minimum absolute atomic E-state index is 0.0118. The molecule has 0 unspecified atom stereocenters. The molecular weight excluding hydrogens is 445 g/mol. The number of carbonyl (C=O) groups is 1. The molecule has 0 fully saturated rings. The highest BCUT2D eigenvalue weighted by molar-refractivity contribution is 7.90. The van der Waals surface area contributed by atoms with Crippen LogP contribution < -0.4 is 0 Å². The van der Waals surface area contributed by atoms with Crippen LogP contribution >= 0.6 is 34.8 Å². The van der Waals surface area contributed by atoms with Gasteiger partial charge in [-0.05, 0) is 38.1 Å². The van der Waals surface area contributed by atoms with Crippen molar-refractivity contribution < 1.29 is 17.9 Å². The number of benzene rings is 2. The van der Waals surface area contributed by atoms with Crippen LogP contribution in [0.15, 0.2) is 41.3 Å². The number of rotatable bonds is 5. The summed E-state index contributed by atoms with van der Waals surface area (Å²) in [4.78, 5) is 12.7. The molecule has 1 aromatic heterocycles. The van der Waals surface area contributed by atoms with Crippen LogP contribution in [0.4, 0.5) is 0 Å². The molecule has 2 aromatic carbocycles. The predicted octanol–water partition coefficient (Wildman–Crippen LogP) is 5.41. The molecule has 3 aromatic rings. The first-order chi connectivity index (χ1) is 13.2. The fraction of sp³-hybridized carbons (Fsp3) is 0.211. The Morgan fingerprint density at radius 1 is 1.14 bits per heavy atom. The summed E-state index contributed by atoms with van der Waals surface area (Å²) >= 11 is 18.5. The van der Waals surface area contributed by atoms with Crippen LogP contribution in [0.3, 0.4) is 0 Å². The lowest BCUT2D eigenvalue weighted by Gasteiger charge is -2.12. The Morgan fingerprint density at radius 2 is 1.79 bits per heavy atom. The molecule has 0 amide bonds. The maximum absolute atomic E-state index is 13.5. The zero-order valence-corrected chi connectivity index (χ0v) is 18.1. The van der Waals surface area contributed by atoms with Gasteiger partial charge in [0.2, 0.25) is 0 Å². The number of fused-ring (bicyclic) bond motifs is 1. The zero-order chi connectivity index (χ0) is 20.6. The van der Waals surface area contributed by atoms with Gasteiger partial charge in [0.05, 0.1) is 27.9 Å². The van der Waals surface area contributed by atoms with Crippen molar-refractivity contribution in [1.82, 2.24) is 3.97 Å². The number of halogens is 3. The highest BCUT2D eigenvalue weighted by Crippen LogP contribution is 2.38. The van der Waals surface area contributed by atoms with Crippen LogP contribution in [0.1, 0.15) is 28.5 Å². The quantitative estimate of drug-likeness (QED) is 0.377. The monoisotopic (exact) mass is 459 g/mol. The van der Waals surface area contributed by atoms with Crippen LogP contribution in [0.25, 0.3) is 10.9 Å². The molecule has 0 spiro atoms. The molecule has 3 rings (SSSR count). The number of hydrogen-bond acceptors (Lipinski definition) is 4. The van der Waals surface area contributed by atoms with Gasteiger partial charge in [-0.3, -0.25) is 0 Å². The van der Waals surface area contributed by atoms with E-state index in [-0.39, 0.29) is 44.2 Å². The van der Waals surface area contributed by atoms with Crippen molar-refractivity contribution in [3.63, 3.8) is 0 Å². The Labute approximate surface area is 177 Å². The van der Waals surface area contributed by atoms with Crippen molar-refractivity contribution in [2.24, 2.45) is 0 Å². The normalized spacial score (nSPS) is 11.8. The maximum Gasteiger partial charge on any atom is 0.356 e. The van der Waals surface area contributed by atoms with E-state index in [1.54, 1.807) is 19.1 Å². The van der Waals surface area contributed by atoms with Crippen LogP contribution in [0.5, 0.6) is 0 Å². The summed E-state index contributed by atoms with van der Waals surface area (Å²) in [6.45, 7) is 3.54. The number of ether oxygens (including phenoxy) is 1. The van der Waals surface area contributed by atoms with Crippen LogP contribution in [0, 0.1) is 6.92 Å². The van der Waals surface area contributed by atoms with Gasteiger partial charge in [-0.15, -0.1) is 11.6 Å². The summed E-state index contributed by atoms with van der Waals surface area (Å²) in [6, 6.07) is 9.19. The van der Waals surface area contributed by atoms with E-state index in [1.807, 2.05) is 6.92 Å². The number of aromatic nitrogens is 1. The number of aryl methyl sites for hydroxylation is 1. The van der Waals surface area contributed by atoms with Gasteiger partial charge in [-0.25, -0.2) is 17.2 Å². The van der Waals surface area contributed by atoms with Gasteiger partial charge in [0.1, 0.15) is 5.69 Å². The molecule has 0 aliphatic rings. The minimum atomic E-state index is -4.16. The van der Waals surface area contributed by atoms with E-state index >= 15 is 0 Å². The Bertz CT molecular complexity index is 1170. The molecule has 0 radical (unpaired) electrons. The molecule has 0 atom stereocenters. The smallest absolute Gasteiger partial charge is 0.356 e. The number of alkyl halides is 1. The van der Waals surface area contributed by atoms with Crippen molar-refractivity contribution in [2.45, 2.75) is 24.6 Å². The lowest BCUT2D eigenvalue weighted by atomic mass is 10.1. The van der Waals surface area contributed by atoms with Crippen LogP contribution in [-0.4, -0.2) is 25.0 Å². The van der Waals surface area contributed by atoms with E-state index in [2.05, 4.69) is 0 Å². The topological polar surface area (TPSA) is 65.4 Å². The molecular formula is C19H16Cl3NO4S. The Hall–Kier alpha value is -1.73. The molecule has 1 heterocycles. The second-order valence-corrected chi connectivity index (χ2v) is 8.94. The molecule has 9 heteroatoms. The molecule has 0 saturated carbocycles. The van der Waals surface area contributed by atoms with Crippen LogP contribution in [0.2, 0.25) is 10.0 Å². The largest absolute Gasteiger partial charge is 0.461 e. The van der Waals surface area contributed by atoms with Gasteiger partial charge < -0.3 is 4.74 Å². The van der Waals surface area contributed by atoms with E-state index in [9.17, 15) is 13.2 Å². The van der Waals surface area contributed by atoms with Gasteiger partial charge >= 0.3 is 5.97 Å². The van der Waals surface area contributed by atoms with Gasteiger partial charge in [0.15, 0.2) is 0 Å². The van der Waals surface area contributed by atoms with Crippen molar-refractivity contribution in [1.29, 1.82) is 0 Å². The zero-order valence-electron chi connectivity index (χ0n) is 15.0. The third-order valence-electron chi connectivity index (χ3n) is 4.21. The molecule has 0 aliphatic carbocycles. The maximum atomic E-state index is 13.5. The summed E-state index contributed by atoms with van der Waals surface area (Å²) in [5.74, 6) is -0.945.